The summed E-state index contributed by atoms with van der Waals surface area (Å²) < 4.78 is 27.9. The van der Waals surface area contributed by atoms with Crippen LogP contribution in [0.5, 0.6) is 5.75 Å². The first kappa shape index (κ1) is 29.1. The number of anilines is 1. The Hall–Kier alpha value is -3.89. The van der Waals surface area contributed by atoms with Gasteiger partial charge in [0, 0.05) is 12.1 Å². The number of carbonyl (C=O) groups excluding carboxylic acids is 2. The van der Waals surface area contributed by atoms with E-state index in [0.717, 1.165) is 36.3 Å². The van der Waals surface area contributed by atoms with Crippen molar-refractivity contribution in [1.29, 1.82) is 0 Å². The van der Waals surface area contributed by atoms with Gasteiger partial charge in [0.1, 0.15) is 0 Å². The van der Waals surface area contributed by atoms with Crippen LogP contribution in [0.3, 0.4) is 0 Å². The van der Waals surface area contributed by atoms with Crippen LogP contribution in [-0.2, 0) is 14.8 Å². The van der Waals surface area contributed by atoms with Crippen LogP contribution in [0.25, 0.3) is 0 Å². The Labute approximate surface area is 235 Å². The van der Waals surface area contributed by atoms with E-state index in [0.29, 0.717) is 18.0 Å². The predicted octanol–water partition coefficient (Wildman–Crippen LogP) is 3.89. The number of unbranched alkanes of at least 4 members (excludes halogenated alkanes) is 1. The molecular formula is C30H36N4O5S. The fourth-order valence-corrected chi connectivity index (χ4v) is 5.78. The second kappa shape index (κ2) is 14.5. The molecule has 1 aliphatic rings. The van der Waals surface area contributed by atoms with Gasteiger partial charge in [0.25, 0.3) is 15.9 Å². The van der Waals surface area contributed by atoms with E-state index in [1.54, 1.807) is 60.7 Å². The van der Waals surface area contributed by atoms with Gasteiger partial charge in [-0.15, -0.1) is 0 Å². The minimum absolute atomic E-state index is 0.0499. The summed E-state index contributed by atoms with van der Waals surface area (Å²) >= 11 is 0. The summed E-state index contributed by atoms with van der Waals surface area (Å²) in [5, 5.41) is 8.80. The number of amides is 2. The van der Waals surface area contributed by atoms with E-state index in [1.165, 1.54) is 43.5 Å². The van der Waals surface area contributed by atoms with E-state index in [-0.39, 0.29) is 22.9 Å². The molecule has 3 aromatic carbocycles. The van der Waals surface area contributed by atoms with Gasteiger partial charge in [0.05, 0.1) is 17.1 Å². The number of nitrogens with zero attached hydrogens (tertiary/aromatic N) is 1. The summed E-state index contributed by atoms with van der Waals surface area (Å²) in [4.78, 5) is 30.4. The molecule has 0 saturated carbocycles. The molecule has 1 saturated heterocycles. The lowest BCUT2D eigenvalue weighted by Gasteiger charge is -2.24. The van der Waals surface area contributed by atoms with Crippen LogP contribution in [0.15, 0.2) is 89.8 Å². The molecule has 3 N–H and O–H groups in total. The van der Waals surface area contributed by atoms with Crippen LogP contribution in [0.1, 0.15) is 42.5 Å². The van der Waals surface area contributed by atoms with Gasteiger partial charge >= 0.3 is 0 Å². The van der Waals surface area contributed by atoms with Crippen molar-refractivity contribution < 1.29 is 22.8 Å². The molecule has 3 aromatic rings. The molecule has 1 fully saturated rings. The van der Waals surface area contributed by atoms with Crippen molar-refractivity contribution in [3.05, 3.63) is 90.5 Å². The predicted molar refractivity (Wildman–Crippen MR) is 154 cm³/mol. The first-order valence-corrected chi connectivity index (χ1v) is 15.1. The van der Waals surface area contributed by atoms with Gasteiger partial charge in [-0.3, -0.25) is 9.59 Å². The van der Waals surface area contributed by atoms with Crippen LogP contribution >= 0.6 is 0 Å². The average Bonchev–Trinajstić information content (AvgIpc) is 3.00. The first-order valence-electron chi connectivity index (χ1n) is 13.6. The van der Waals surface area contributed by atoms with Crippen LogP contribution in [0.4, 0.5) is 5.69 Å². The third kappa shape index (κ3) is 8.30. The molecule has 0 aliphatic carbocycles. The number of nitrogens with one attached hydrogen (secondary N) is 3. The number of benzene rings is 3. The zero-order valence-electron chi connectivity index (χ0n) is 22.4. The van der Waals surface area contributed by atoms with Gasteiger partial charge in [-0.2, -0.15) is 8.42 Å². The summed E-state index contributed by atoms with van der Waals surface area (Å²) in [5.41, 5.74) is 0.564. The number of hydrogen-bond acceptors (Lipinski definition) is 6. The highest BCUT2D eigenvalue weighted by Crippen LogP contribution is 2.26. The van der Waals surface area contributed by atoms with E-state index >= 15 is 0 Å². The van der Waals surface area contributed by atoms with E-state index in [1.807, 2.05) is 0 Å². The minimum Gasteiger partial charge on any atom is -0.364 e. The monoisotopic (exact) mass is 564 g/mol. The average molecular weight is 565 g/mol. The van der Waals surface area contributed by atoms with Gasteiger partial charge in [0.2, 0.25) is 5.91 Å². The Balaban J connectivity index is 1.29. The Kier molecular flexibility index (Phi) is 10.5. The maximum atomic E-state index is 13.5. The Morgan fingerprint density at radius 3 is 2.17 bits per heavy atom. The van der Waals surface area contributed by atoms with E-state index in [9.17, 15) is 18.0 Å². The Bertz CT molecular complexity index is 1330. The molecule has 10 heteroatoms. The Morgan fingerprint density at radius 1 is 0.850 bits per heavy atom. The van der Waals surface area contributed by atoms with Crippen LogP contribution in [0, 0.1) is 5.92 Å². The molecule has 0 atom stereocenters. The van der Waals surface area contributed by atoms with Crippen LogP contribution in [0.2, 0.25) is 0 Å². The minimum atomic E-state index is -4.13. The molecule has 4 rings (SSSR count). The van der Waals surface area contributed by atoms with Crippen molar-refractivity contribution in [2.24, 2.45) is 5.92 Å². The molecule has 40 heavy (non-hydrogen) atoms. The topological polar surface area (TPSA) is 117 Å². The maximum Gasteiger partial charge on any atom is 0.295 e. The number of hydrogen-bond donors (Lipinski definition) is 3. The van der Waals surface area contributed by atoms with Crippen molar-refractivity contribution in [1.82, 2.24) is 16.0 Å². The van der Waals surface area contributed by atoms with Crippen molar-refractivity contribution >= 4 is 27.5 Å². The highest BCUT2D eigenvalue weighted by Gasteiger charge is 2.28. The second-order valence-corrected chi connectivity index (χ2v) is 11.5. The first-order chi connectivity index (χ1) is 19.4. The lowest BCUT2D eigenvalue weighted by Crippen LogP contribution is -2.37. The second-order valence-electron chi connectivity index (χ2n) is 9.72. The molecule has 1 heterocycles. The molecule has 0 spiro atoms. The number of rotatable bonds is 13. The number of para-hydroxylation sites is 2. The van der Waals surface area contributed by atoms with Crippen LogP contribution in [-0.4, -0.2) is 46.4 Å². The largest absolute Gasteiger partial charge is 0.364 e. The van der Waals surface area contributed by atoms with Gasteiger partial charge in [0.15, 0.2) is 5.75 Å². The third-order valence-electron chi connectivity index (χ3n) is 6.76. The lowest BCUT2D eigenvalue weighted by atomic mass is 9.92. The number of carbonyl (C=O) groups is 2. The normalized spacial score (nSPS) is 13.8. The number of piperidine rings is 1. The fraction of sp³-hybridized carbons (Fsp3) is 0.333. The number of sulfonamides is 1. The van der Waals surface area contributed by atoms with Gasteiger partial charge in [-0.05, 0) is 86.8 Å². The van der Waals surface area contributed by atoms with Gasteiger partial charge in [-0.25, -0.2) is 0 Å². The fourth-order valence-electron chi connectivity index (χ4n) is 4.52. The van der Waals surface area contributed by atoms with Crippen molar-refractivity contribution in [3.8, 4) is 5.75 Å². The summed E-state index contributed by atoms with van der Waals surface area (Å²) in [7, 11) is -4.13. The van der Waals surface area contributed by atoms with Crippen LogP contribution < -0.4 is 25.3 Å². The van der Waals surface area contributed by atoms with Gasteiger partial charge in [-0.1, -0.05) is 53.7 Å². The molecule has 0 aromatic heterocycles. The molecule has 212 valence electrons. The van der Waals surface area contributed by atoms with Crippen molar-refractivity contribution in [2.75, 3.05) is 30.6 Å². The maximum absolute atomic E-state index is 13.5. The molecule has 0 bridgehead atoms. The smallest absolute Gasteiger partial charge is 0.295 e. The molecule has 0 radical (unpaired) electrons. The molecule has 2 amide bonds. The molecular weight excluding hydrogens is 528 g/mol. The van der Waals surface area contributed by atoms with E-state index in [2.05, 4.69) is 16.0 Å². The van der Waals surface area contributed by atoms with Crippen molar-refractivity contribution in [3.63, 3.8) is 0 Å². The summed E-state index contributed by atoms with van der Waals surface area (Å²) in [6.07, 6.45) is 5.61. The SMILES string of the molecule is O=C(CNC(=O)c1ccc(S(=O)(=O)N(Oc2ccccc2)c2ccccc2)cc1)NCCCCC1CCNCC1. The third-order valence-corrected chi connectivity index (χ3v) is 8.35. The standard InChI is InChI=1S/C30H36N4O5S/c35-29(32-20-8-7-9-24-18-21-31-22-19-24)23-33-30(36)25-14-16-28(17-15-25)40(37,38)34(26-10-3-1-4-11-26)39-27-12-5-2-6-13-27/h1-6,10-17,24,31H,7-9,18-23H2,(H,32,35)(H,33,36). The zero-order valence-corrected chi connectivity index (χ0v) is 23.2. The highest BCUT2D eigenvalue weighted by molar-refractivity contribution is 7.92. The Morgan fingerprint density at radius 2 is 1.50 bits per heavy atom. The highest BCUT2D eigenvalue weighted by atomic mass is 32.2. The molecule has 0 unspecified atom stereocenters. The quantitative estimate of drug-likeness (QED) is 0.214. The summed E-state index contributed by atoms with van der Waals surface area (Å²) in [5.74, 6) is 0.401. The molecule has 1 aliphatic heterocycles. The van der Waals surface area contributed by atoms with E-state index < -0.39 is 15.9 Å². The van der Waals surface area contributed by atoms with Crippen molar-refractivity contribution in [2.45, 2.75) is 37.0 Å². The van der Waals surface area contributed by atoms with Gasteiger partial charge < -0.3 is 20.8 Å². The zero-order chi connectivity index (χ0) is 28.2. The molecule has 9 nitrogen and oxygen atoms in total. The lowest BCUT2D eigenvalue weighted by molar-refractivity contribution is -0.120. The summed E-state index contributed by atoms with van der Waals surface area (Å²) in [6, 6.07) is 22.6. The van der Waals surface area contributed by atoms with E-state index in [4.69, 9.17) is 4.84 Å². The summed E-state index contributed by atoms with van der Waals surface area (Å²) in [6.45, 7) is 2.61.